The van der Waals surface area contributed by atoms with Crippen molar-refractivity contribution in [3.8, 4) is 11.1 Å². The topological polar surface area (TPSA) is 32.7 Å². The van der Waals surface area contributed by atoms with Gasteiger partial charge in [0, 0.05) is 21.8 Å². The van der Waals surface area contributed by atoms with Crippen LogP contribution in [0.25, 0.3) is 11.1 Å². The van der Waals surface area contributed by atoms with Crippen molar-refractivity contribution in [3.05, 3.63) is 119 Å². The standard InChI is InChI=1S/C29H23ClN2O/c1-19-8-10-23(11-9-19)28-26-18-24(30)14-17-27(26)32(29(33)20(2)31-28)25-15-12-22(13-16-25)21-6-4-3-5-7-21/h3-18,20H,1-2H3. The normalized spacial score (nSPS) is 15.6. The Morgan fingerprint density at radius 2 is 1.42 bits per heavy atom. The Labute approximate surface area is 199 Å². The second-order valence-corrected chi connectivity index (χ2v) is 8.70. The molecule has 4 aromatic carbocycles. The summed E-state index contributed by atoms with van der Waals surface area (Å²) in [6, 6.07) is 31.5. The lowest BCUT2D eigenvalue weighted by Gasteiger charge is -2.25. The van der Waals surface area contributed by atoms with Crippen LogP contribution in [0, 0.1) is 6.92 Å². The molecule has 0 bridgehead atoms. The first-order valence-corrected chi connectivity index (χ1v) is 11.3. The van der Waals surface area contributed by atoms with E-state index in [1.54, 1.807) is 4.90 Å². The highest BCUT2D eigenvalue weighted by Crippen LogP contribution is 2.36. The van der Waals surface area contributed by atoms with Crippen LogP contribution in [-0.4, -0.2) is 17.7 Å². The molecule has 0 aromatic heterocycles. The molecule has 3 nitrogen and oxygen atoms in total. The first kappa shape index (κ1) is 21.2. The molecule has 5 rings (SSSR count). The van der Waals surface area contributed by atoms with Gasteiger partial charge in [0.05, 0.1) is 11.4 Å². The number of nitrogens with zero attached hydrogens (tertiary/aromatic N) is 2. The van der Waals surface area contributed by atoms with Crippen LogP contribution in [0.2, 0.25) is 5.02 Å². The Hall–Kier alpha value is -3.69. The molecule has 1 aliphatic heterocycles. The number of rotatable bonds is 3. The number of aryl methyl sites for hydroxylation is 1. The van der Waals surface area contributed by atoms with E-state index in [1.165, 1.54) is 5.56 Å². The number of aliphatic imine (C=N–C) groups is 1. The Morgan fingerprint density at radius 3 is 2.12 bits per heavy atom. The number of hydrogen-bond acceptors (Lipinski definition) is 2. The molecular formula is C29H23ClN2O. The fraction of sp³-hybridized carbons (Fsp3) is 0.103. The number of amides is 1. The summed E-state index contributed by atoms with van der Waals surface area (Å²) in [6.45, 7) is 3.89. The molecular weight excluding hydrogens is 428 g/mol. The highest BCUT2D eigenvalue weighted by Gasteiger charge is 2.31. The van der Waals surface area contributed by atoms with Crippen molar-refractivity contribution in [1.29, 1.82) is 0 Å². The van der Waals surface area contributed by atoms with Crippen molar-refractivity contribution in [2.75, 3.05) is 4.90 Å². The summed E-state index contributed by atoms with van der Waals surface area (Å²) in [5.74, 6) is -0.0758. The summed E-state index contributed by atoms with van der Waals surface area (Å²) in [7, 11) is 0. The maximum atomic E-state index is 13.6. The number of benzene rings is 4. The van der Waals surface area contributed by atoms with Crippen LogP contribution >= 0.6 is 11.6 Å². The SMILES string of the molecule is Cc1ccc(C2=NC(C)C(=O)N(c3ccc(-c4ccccc4)cc3)c3ccc(Cl)cc32)cc1. The fourth-order valence-electron chi connectivity index (χ4n) is 4.16. The summed E-state index contributed by atoms with van der Waals surface area (Å²) in [5.41, 5.74) is 7.57. The summed E-state index contributed by atoms with van der Waals surface area (Å²) in [4.78, 5) is 20.2. The highest BCUT2D eigenvalue weighted by atomic mass is 35.5. The number of fused-ring (bicyclic) bond motifs is 1. The van der Waals surface area contributed by atoms with E-state index in [0.717, 1.165) is 39.3 Å². The Bertz CT molecular complexity index is 1340. The Kier molecular flexibility index (Phi) is 5.57. The molecule has 1 heterocycles. The van der Waals surface area contributed by atoms with Gasteiger partial charge in [0.15, 0.2) is 0 Å². The average Bonchev–Trinajstić information content (AvgIpc) is 2.95. The van der Waals surface area contributed by atoms with Crippen LogP contribution in [0.4, 0.5) is 11.4 Å². The minimum atomic E-state index is -0.540. The van der Waals surface area contributed by atoms with Crippen LogP contribution in [0.15, 0.2) is 102 Å². The van der Waals surface area contributed by atoms with Crippen molar-refractivity contribution < 1.29 is 4.79 Å². The number of benzodiazepines with no additional fused rings is 1. The van der Waals surface area contributed by atoms with E-state index >= 15 is 0 Å². The molecule has 0 aliphatic carbocycles. The Morgan fingerprint density at radius 1 is 0.788 bits per heavy atom. The molecule has 0 spiro atoms. The number of anilines is 2. The number of carbonyl (C=O) groups is 1. The summed E-state index contributed by atoms with van der Waals surface area (Å²) < 4.78 is 0. The smallest absolute Gasteiger partial charge is 0.256 e. The zero-order valence-corrected chi connectivity index (χ0v) is 19.3. The lowest BCUT2D eigenvalue weighted by molar-refractivity contribution is -0.118. The average molecular weight is 451 g/mol. The zero-order chi connectivity index (χ0) is 22.9. The second-order valence-electron chi connectivity index (χ2n) is 8.27. The van der Waals surface area contributed by atoms with Gasteiger partial charge in [0.1, 0.15) is 6.04 Å². The van der Waals surface area contributed by atoms with E-state index in [1.807, 2.05) is 79.7 Å². The molecule has 0 radical (unpaired) electrons. The van der Waals surface area contributed by atoms with Crippen molar-refractivity contribution >= 4 is 34.6 Å². The molecule has 1 amide bonds. The minimum Gasteiger partial charge on any atom is -0.279 e. The molecule has 1 atom stereocenters. The van der Waals surface area contributed by atoms with Gasteiger partial charge in [-0.25, -0.2) is 0 Å². The molecule has 0 N–H and O–H groups in total. The Balaban J connectivity index is 1.63. The van der Waals surface area contributed by atoms with Crippen LogP contribution in [0.1, 0.15) is 23.6 Å². The van der Waals surface area contributed by atoms with E-state index in [9.17, 15) is 4.79 Å². The molecule has 1 unspecified atom stereocenters. The molecule has 4 heteroatoms. The van der Waals surface area contributed by atoms with E-state index in [0.29, 0.717) is 5.02 Å². The predicted octanol–water partition coefficient (Wildman–Crippen LogP) is 7.22. The van der Waals surface area contributed by atoms with Crippen molar-refractivity contribution in [3.63, 3.8) is 0 Å². The number of hydrogen-bond donors (Lipinski definition) is 0. The molecule has 0 fully saturated rings. The van der Waals surface area contributed by atoms with Gasteiger partial charge in [0.2, 0.25) is 0 Å². The number of carbonyl (C=O) groups excluding carboxylic acids is 1. The third kappa shape index (κ3) is 4.08. The van der Waals surface area contributed by atoms with E-state index in [2.05, 4.69) is 31.2 Å². The van der Waals surface area contributed by atoms with Crippen LogP contribution in [0.3, 0.4) is 0 Å². The van der Waals surface area contributed by atoms with E-state index < -0.39 is 6.04 Å². The molecule has 1 aliphatic rings. The summed E-state index contributed by atoms with van der Waals surface area (Å²) >= 11 is 6.40. The van der Waals surface area contributed by atoms with Gasteiger partial charge < -0.3 is 0 Å². The largest absolute Gasteiger partial charge is 0.279 e. The van der Waals surface area contributed by atoms with Gasteiger partial charge in [-0.15, -0.1) is 0 Å². The van der Waals surface area contributed by atoms with Crippen molar-refractivity contribution in [2.45, 2.75) is 19.9 Å². The van der Waals surface area contributed by atoms with Gasteiger partial charge in [-0.2, -0.15) is 0 Å². The molecule has 4 aromatic rings. The maximum absolute atomic E-state index is 13.6. The summed E-state index contributed by atoms with van der Waals surface area (Å²) in [6.07, 6.45) is 0. The minimum absolute atomic E-state index is 0.0758. The highest BCUT2D eigenvalue weighted by molar-refractivity contribution is 6.32. The molecule has 33 heavy (non-hydrogen) atoms. The zero-order valence-electron chi connectivity index (χ0n) is 18.5. The molecule has 0 saturated carbocycles. The third-order valence-electron chi connectivity index (χ3n) is 5.91. The number of halogens is 1. The van der Waals surface area contributed by atoms with Crippen LogP contribution in [0.5, 0.6) is 0 Å². The predicted molar refractivity (Wildman–Crippen MR) is 137 cm³/mol. The van der Waals surface area contributed by atoms with Crippen LogP contribution in [-0.2, 0) is 4.79 Å². The van der Waals surface area contributed by atoms with Gasteiger partial charge in [0.25, 0.3) is 5.91 Å². The van der Waals surface area contributed by atoms with Gasteiger partial charge in [-0.3, -0.25) is 14.7 Å². The van der Waals surface area contributed by atoms with Crippen LogP contribution < -0.4 is 4.90 Å². The van der Waals surface area contributed by atoms with E-state index in [-0.39, 0.29) is 5.91 Å². The lowest BCUT2D eigenvalue weighted by Crippen LogP contribution is -2.32. The quantitative estimate of drug-likeness (QED) is 0.324. The summed E-state index contributed by atoms with van der Waals surface area (Å²) in [5, 5.41) is 0.606. The molecule has 162 valence electrons. The van der Waals surface area contributed by atoms with Crippen molar-refractivity contribution in [2.24, 2.45) is 4.99 Å². The van der Waals surface area contributed by atoms with Gasteiger partial charge in [-0.05, 0) is 55.3 Å². The van der Waals surface area contributed by atoms with Gasteiger partial charge in [-0.1, -0.05) is 83.9 Å². The first-order valence-electron chi connectivity index (χ1n) is 11.0. The van der Waals surface area contributed by atoms with E-state index in [4.69, 9.17) is 16.6 Å². The maximum Gasteiger partial charge on any atom is 0.256 e. The third-order valence-corrected chi connectivity index (χ3v) is 6.15. The van der Waals surface area contributed by atoms with Crippen molar-refractivity contribution in [1.82, 2.24) is 0 Å². The van der Waals surface area contributed by atoms with Gasteiger partial charge >= 0.3 is 0 Å². The second kappa shape index (κ2) is 8.68. The molecule has 0 saturated heterocycles. The fourth-order valence-corrected chi connectivity index (χ4v) is 4.33. The lowest BCUT2D eigenvalue weighted by atomic mass is 9.99. The first-order chi connectivity index (χ1) is 16.0. The monoisotopic (exact) mass is 450 g/mol.